The highest BCUT2D eigenvalue weighted by Gasteiger charge is 2.25. The molecule has 0 saturated heterocycles. The van der Waals surface area contributed by atoms with Crippen LogP contribution in [0.5, 0.6) is 0 Å². The van der Waals surface area contributed by atoms with Crippen molar-refractivity contribution in [1.82, 2.24) is 0 Å². The Labute approximate surface area is 91.8 Å². The van der Waals surface area contributed by atoms with Gasteiger partial charge in [0.05, 0.1) is 12.2 Å². The Morgan fingerprint density at radius 2 is 1.87 bits per heavy atom. The SMILES string of the molecule is C=CC[C@@H](O)CC(=O)[C@@H](C)[C@H](O)C(C)C. The zero-order chi connectivity index (χ0) is 12.0. The van der Waals surface area contributed by atoms with Gasteiger partial charge in [0.15, 0.2) is 0 Å². The van der Waals surface area contributed by atoms with Gasteiger partial charge in [0.25, 0.3) is 0 Å². The Kier molecular flexibility index (Phi) is 6.45. The summed E-state index contributed by atoms with van der Waals surface area (Å²) in [4.78, 5) is 11.6. The second kappa shape index (κ2) is 6.75. The fourth-order valence-corrected chi connectivity index (χ4v) is 1.46. The van der Waals surface area contributed by atoms with Gasteiger partial charge in [0.2, 0.25) is 0 Å². The molecule has 0 bridgehead atoms. The predicted molar refractivity (Wildman–Crippen MR) is 60.5 cm³/mol. The minimum Gasteiger partial charge on any atom is -0.392 e. The van der Waals surface area contributed by atoms with Crippen LogP contribution in [0.1, 0.15) is 33.6 Å². The molecule has 3 atom stereocenters. The second-order valence-corrected chi connectivity index (χ2v) is 4.37. The van der Waals surface area contributed by atoms with Crippen LogP contribution in [-0.4, -0.2) is 28.2 Å². The van der Waals surface area contributed by atoms with Crippen LogP contribution < -0.4 is 0 Å². The molecular formula is C12H22O3. The average Bonchev–Trinajstić information content (AvgIpc) is 2.15. The van der Waals surface area contributed by atoms with Gasteiger partial charge in [-0.2, -0.15) is 0 Å². The molecule has 2 N–H and O–H groups in total. The molecule has 0 heterocycles. The fraction of sp³-hybridized carbons (Fsp3) is 0.750. The van der Waals surface area contributed by atoms with Crippen molar-refractivity contribution in [3.63, 3.8) is 0 Å². The van der Waals surface area contributed by atoms with E-state index in [2.05, 4.69) is 6.58 Å². The fourth-order valence-electron chi connectivity index (χ4n) is 1.46. The normalized spacial score (nSPS) is 17.2. The minimum atomic E-state index is -0.670. The van der Waals surface area contributed by atoms with Gasteiger partial charge in [-0.25, -0.2) is 0 Å². The van der Waals surface area contributed by atoms with Crippen LogP contribution in [0.3, 0.4) is 0 Å². The molecule has 0 radical (unpaired) electrons. The van der Waals surface area contributed by atoms with E-state index in [1.165, 1.54) is 0 Å². The maximum absolute atomic E-state index is 11.6. The van der Waals surface area contributed by atoms with Gasteiger partial charge >= 0.3 is 0 Å². The van der Waals surface area contributed by atoms with Gasteiger partial charge in [-0.1, -0.05) is 26.8 Å². The summed E-state index contributed by atoms with van der Waals surface area (Å²) in [7, 11) is 0. The molecule has 0 aliphatic heterocycles. The quantitative estimate of drug-likeness (QED) is 0.632. The lowest BCUT2D eigenvalue weighted by atomic mass is 9.89. The third-order valence-corrected chi connectivity index (χ3v) is 2.58. The van der Waals surface area contributed by atoms with Crippen molar-refractivity contribution in [2.24, 2.45) is 11.8 Å². The first-order valence-corrected chi connectivity index (χ1v) is 5.39. The Bertz CT molecular complexity index is 211. The molecule has 0 rings (SSSR count). The maximum Gasteiger partial charge on any atom is 0.140 e. The van der Waals surface area contributed by atoms with E-state index in [1.807, 2.05) is 13.8 Å². The summed E-state index contributed by atoms with van der Waals surface area (Å²) < 4.78 is 0. The summed E-state index contributed by atoms with van der Waals surface area (Å²) in [6, 6.07) is 0. The smallest absolute Gasteiger partial charge is 0.140 e. The van der Waals surface area contributed by atoms with Crippen molar-refractivity contribution in [2.75, 3.05) is 0 Å². The first-order valence-electron chi connectivity index (χ1n) is 5.39. The molecule has 0 aliphatic rings. The highest BCUT2D eigenvalue weighted by atomic mass is 16.3. The van der Waals surface area contributed by atoms with Gasteiger partial charge in [0.1, 0.15) is 5.78 Å². The van der Waals surface area contributed by atoms with Crippen LogP contribution in [0.2, 0.25) is 0 Å². The Hall–Kier alpha value is -0.670. The summed E-state index contributed by atoms with van der Waals surface area (Å²) in [5.41, 5.74) is 0. The number of ketones is 1. The number of carbonyl (C=O) groups excluding carboxylic acids is 1. The van der Waals surface area contributed by atoms with E-state index in [0.717, 1.165) is 0 Å². The van der Waals surface area contributed by atoms with Crippen LogP contribution in [0.15, 0.2) is 12.7 Å². The Morgan fingerprint density at radius 1 is 1.33 bits per heavy atom. The largest absolute Gasteiger partial charge is 0.392 e. The van der Waals surface area contributed by atoms with Crippen LogP contribution in [0, 0.1) is 11.8 Å². The molecule has 3 nitrogen and oxygen atoms in total. The minimum absolute atomic E-state index is 0.0560. The van der Waals surface area contributed by atoms with E-state index < -0.39 is 18.1 Å². The number of hydrogen-bond acceptors (Lipinski definition) is 3. The average molecular weight is 214 g/mol. The van der Waals surface area contributed by atoms with E-state index in [-0.39, 0.29) is 18.1 Å². The number of aliphatic hydroxyl groups excluding tert-OH is 2. The number of Topliss-reactive ketones (excluding diaryl/α,β-unsaturated/α-hetero) is 1. The van der Waals surface area contributed by atoms with Crippen molar-refractivity contribution in [3.8, 4) is 0 Å². The van der Waals surface area contributed by atoms with Crippen LogP contribution >= 0.6 is 0 Å². The standard InChI is InChI=1S/C12H22O3/c1-5-6-10(13)7-11(14)9(4)12(15)8(2)3/h5,8-10,12-13,15H,1,6-7H2,2-4H3/t9-,10-,12-/m1/s1. The molecule has 0 aromatic heterocycles. The number of rotatable bonds is 7. The molecule has 0 saturated carbocycles. The molecule has 0 aromatic rings. The summed E-state index contributed by atoms with van der Waals surface area (Å²) in [6.45, 7) is 8.94. The molecular weight excluding hydrogens is 192 g/mol. The molecule has 0 unspecified atom stereocenters. The Morgan fingerprint density at radius 3 is 2.27 bits per heavy atom. The van der Waals surface area contributed by atoms with Gasteiger partial charge < -0.3 is 10.2 Å². The zero-order valence-electron chi connectivity index (χ0n) is 9.81. The summed E-state index contributed by atoms with van der Waals surface area (Å²) in [6.07, 6.45) is 0.791. The number of aliphatic hydroxyl groups is 2. The van der Waals surface area contributed by atoms with E-state index in [0.29, 0.717) is 6.42 Å². The molecule has 0 fully saturated rings. The van der Waals surface area contributed by atoms with Crippen LogP contribution in [0.4, 0.5) is 0 Å². The first-order chi connectivity index (χ1) is 6.90. The zero-order valence-corrected chi connectivity index (χ0v) is 9.81. The number of carbonyl (C=O) groups is 1. The van der Waals surface area contributed by atoms with E-state index in [9.17, 15) is 15.0 Å². The van der Waals surface area contributed by atoms with Gasteiger partial charge in [-0.3, -0.25) is 4.79 Å². The second-order valence-electron chi connectivity index (χ2n) is 4.37. The molecule has 0 aromatic carbocycles. The van der Waals surface area contributed by atoms with E-state index in [1.54, 1.807) is 13.0 Å². The van der Waals surface area contributed by atoms with Gasteiger partial charge in [-0.05, 0) is 12.3 Å². The third-order valence-electron chi connectivity index (χ3n) is 2.58. The monoisotopic (exact) mass is 214 g/mol. The Balaban J connectivity index is 4.14. The van der Waals surface area contributed by atoms with Crippen molar-refractivity contribution in [1.29, 1.82) is 0 Å². The molecule has 15 heavy (non-hydrogen) atoms. The lowest BCUT2D eigenvalue weighted by Gasteiger charge is -2.21. The highest BCUT2D eigenvalue weighted by molar-refractivity contribution is 5.81. The number of hydrogen-bond donors (Lipinski definition) is 2. The lowest BCUT2D eigenvalue weighted by molar-refractivity contribution is -0.128. The van der Waals surface area contributed by atoms with Crippen molar-refractivity contribution < 1.29 is 15.0 Å². The molecule has 0 aliphatic carbocycles. The van der Waals surface area contributed by atoms with Gasteiger partial charge in [-0.15, -0.1) is 6.58 Å². The van der Waals surface area contributed by atoms with Crippen LogP contribution in [-0.2, 0) is 4.79 Å². The van der Waals surface area contributed by atoms with E-state index >= 15 is 0 Å². The molecule has 0 amide bonds. The highest BCUT2D eigenvalue weighted by Crippen LogP contribution is 2.16. The summed E-state index contributed by atoms with van der Waals surface area (Å²) >= 11 is 0. The van der Waals surface area contributed by atoms with E-state index in [4.69, 9.17) is 0 Å². The summed E-state index contributed by atoms with van der Waals surface area (Å²) in [5.74, 6) is -0.449. The topological polar surface area (TPSA) is 57.5 Å². The molecule has 0 spiro atoms. The summed E-state index contributed by atoms with van der Waals surface area (Å²) in [5, 5.41) is 19.1. The maximum atomic E-state index is 11.6. The third kappa shape index (κ3) is 5.09. The molecule has 88 valence electrons. The van der Waals surface area contributed by atoms with Crippen molar-refractivity contribution in [2.45, 2.75) is 45.8 Å². The first kappa shape index (κ1) is 14.3. The van der Waals surface area contributed by atoms with Crippen LogP contribution in [0.25, 0.3) is 0 Å². The lowest BCUT2D eigenvalue weighted by Crippen LogP contribution is -2.31. The molecule has 3 heteroatoms. The van der Waals surface area contributed by atoms with Crippen molar-refractivity contribution >= 4 is 5.78 Å². The van der Waals surface area contributed by atoms with Gasteiger partial charge in [0, 0.05) is 12.3 Å². The van der Waals surface area contributed by atoms with Crippen molar-refractivity contribution in [3.05, 3.63) is 12.7 Å². The predicted octanol–water partition coefficient (Wildman–Crippen LogP) is 1.54.